The predicted molar refractivity (Wildman–Crippen MR) is 157 cm³/mol. The maximum absolute atomic E-state index is 13.3. The monoisotopic (exact) mass is 611 g/mol. The molecule has 1 fully saturated rings. The number of amides is 1. The Morgan fingerprint density at radius 3 is 2.35 bits per heavy atom. The van der Waals surface area contributed by atoms with Gasteiger partial charge in [0.15, 0.2) is 5.96 Å². The number of methoxy groups -OCH3 is 1. The molecule has 1 aliphatic carbocycles. The van der Waals surface area contributed by atoms with Crippen LogP contribution in [-0.4, -0.2) is 79.6 Å². The minimum Gasteiger partial charge on any atom is -0.478 e. The smallest absolute Gasteiger partial charge is 0.376 e. The molecule has 7 N–H and O–H groups in total. The molecule has 5 atom stereocenters. The number of nitrogens with two attached hydrogens (primary N) is 3. The fraction of sp³-hybridized carbons (Fsp3) is 0.759. The lowest BCUT2D eigenvalue weighted by Crippen LogP contribution is -2.58. The molecular formula is C29H49N5O9. The molecule has 244 valence electrons. The lowest BCUT2D eigenvalue weighted by Gasteiger charge is -2.39. The number of unbranched alkanes of at least 4 members (excludes halogenated alkanes) is 4. The van der Waals surface area contributed by atoms with Crippen LogP contribution in [0.3, 0.4) is 0 Å². The summed E-state index contributed by atoms with van der Waals surface area (Å²) in [4.78, 5) is 54.2. The number of nitrogens with one attached hydrogen (secondary N) is 1. The average molecular weight is 612 g/mol. The minimum atomic E-state index is -1.45. The number of aliphatic imine (C=N–C) groups is 1. The molecule has 14 nitrogen and oxygen atoms in total. The molecule has 1 saturated carbocycles. The summed E-state index contributed by atoms with van der Waals surface area (Å²) in [5.41, 5.74) is 17.2. The van der Waals surface area contributed by atoms with Crippen LogP contribution in [0.2, 0.25) is 0 Å². The van der Waals surface area contributed by atoms with Crippen LogP contribution in [0.4, 0.5) is 0 Å². The van der Waals surface area contributed by atoms with Gasteiger partial charge in [0.2, 0.25) is 11.7 Å². The summed E-state index contributed by atoms with van der Waals surface area (Å²) in [6.45, 7) is 7.00. The maximum Gasteiger partial charge on any atom is 0.376 e. The Morgan fingerprint density at radius 1 is 1.12 bits per heavy atom. The van der Waals surface area contributed by atoms with E-state index in [4.69, 9.17) is 40.9 Å². The van der Waals surface area contributed by atoms with Crippen LogP contribution < -0.4 is 22.5 Å². The Balaban J connectivity index is 2.18. The summed E-state index contributed by atoms with van der Waals surface area (Å²) in [6.07, 6.45) is 5.68. The van der Waals surface area contributed by atoms with Gasteiger partial charge >= 0.3 is 17.9 Å². The Morgan fingerprint density at radius 2 is 1.79 bits per heavy atom. The Labute approximate surface area is 253 Å². The number of ether oxygens (including phenoxy) is 5. The highest BCUT2D eigenvalue weighted by atomic mass is 16.7. The highest BCUT2D eigenvalue weighted by molar-refractivity contribution is 5.88. The third-order valence-corrected chi connectivity index (χ3v) is 7.21. The largest absolute Gasteiger partial charge is 0.478 e. The minimum absolute atomic E-state index is 0.0184. The summed E-state index contributed by atoms with van der Waals surface area (Å²) in [5.74, 6) is -4.50. The van der Waals surface area contributed by atoms with Crippen molar-refractivity contribution in [1.29, 1.82) is 0 Å². The molecule has 0 spiro atoms. The fourth-order valence-corrected chi connectivity index (χ4v) is 4.55. The molecule has 0 aromatic carbocycles. The van der Waals surface area contributed by atoms with E-state index in [1.54, 1.807) is 13.8 Å². The van der Waals surface area contributed by atoms with Gasteiger partial charge in [0.1, 0.15) is 12.1 Å². The van der Waals surface area contributed by atoms with Gasteiger partial charge in [-0.3, -0.25) is 14.4 Å². The van der Waals surface area contributed by atoms with Crippen molar-refractivity contribution >= 4 is 29.8 Å². The third-order valence-electron chi connectivity index (χ3n) is 7.21. The van der Waals surface area contributed by atoms with Gasteiger partial charge in [0.05, 0.1) is 24.8 Å². The second kappa shape index (κ2) is 17.0. The van der Waals surface area contributed by atoms with Gasteiger partial charge in [-0.25, -0.2) is 9.79 Å². The molecule has 0 saturated heterocycles. The molecule has 43 heavy (non-hydrogen) atoms. The van der Waals surface area contributed by atoms with Gasteiger partial charge in [-0.1, -0.05) is 46.5 Å². The van der Waals surface area contributed by atoms with E-state index >= 15 is 0 Å². The van der Waals surface area contributed by atoms with E-state index in [9.17, 15) is 19.2 Å². The summed E-state index contributed by atoms with van der Waals surface area (Å²) < 4.78 is 28.1. The van der Waals surface area contributed by atoms with E-state index in [0.717, 1.165) is 32.1 Å². The molecule has 0 bridgehead atoms. The molecule has 2 aliphatic rings. The second-order valence-electron chi connectivity index (χ2n) is 11.3. The van der Waals surface area contributed by atoms with E-state index in [1.165, 1.54) is 20.1 Å². The fourth-order valence-electron chi connectivity index (χ4n) is 4.55. The molecule has 0 aromatic rings. The zero-order chi connectivity index (χ0) is 32.2. The van der Waals surface area contributed by atoms with Crippen LogP contribution in [0, 0.1) is 5.92 Å². The van der Waals surface area contributed by atoms with Crippen molar-refractivity contribution in [3.8, 4) is 0 Å². The average Bonchev–Trinajstić information content (AvgIpc) is 3.69. The maximum atomic E-state index is 13.3. The Hall–Kier alpha value is -3.39. The predicted octanol–water partition coefficient (Wildman–Crippen LogP) is 1.28. The molecule has 14 heteroatoms. The van der Waals surface area contributed by atoms with E-state index < -0.39 is 54.0 Å². The standard InChI is InChI=1S/C29H49N5O9/c1-6-7-8-9-10-11-22(36)40-15-12-20(39-5)25-24(33-18(4)35)19(34-28(31)32)16-21(41-25)26(37)42-29(13-14-29)43-27(38)23(30)17(2)3/h16-17,19-20,23-25H,6-15,30H2,1-5H3,(H,33,35)(H4,31,32,34)/t19-,20-,23-,24+,25-/m0/s1. The van der Waals surface area contributed by atoms with E-state index in [-0.39, 0.29) is 36.6 Å². The highest BCUT2D eigenvalue weighted by Gasteiger charge is 2.53. The lowest BCUT2D eigenvalue weighted by atomic mass is 9.93. The number of hydrogen-bond donors (Lipinski definition) is 4. The molecule has 0 aromatic heterocycles. The van der Waals surface area contributed by atoms with Crippen molar-refractivity contribution in [2.45, 2.75) is 122 Å². The van der Waals surface area contributed by atoms with Gasteiger partial charge in [0, 0.05) is 39.7 Å². The summed E-state index contributed by atoms with van der Waals surface area (Å²) in [5, 5.41) is 2.77. The summed E-state index contributed by atoms with van der Waals surface area (Å²) >= 11 is 0. The summed E-state index contributed by atoms with van der Waals surface area (Å²) in [7, 11) is 1.43. The number of guanidine groups is 1. The van der Waals surface area contributed by atoms with E-state index in [0.29, 0.717) is 19.3 Å². The number of carbonyl (C=O) groups excluding carboxylic acids is 4. The first-order valence-corrected chi connectivity index (χ1v) is 15.0. The second-order valence-corrected chi connectivity index (χ2v) is 11.3. The van der Waals surface area contributed by atoms with Gasteiger partial charge in [0.25, 0.3) is 5.79 Å². The van der Waals surface area contributed by atoms with Crippen molar-refractivity contribution in [3.63, 3.8) is 0 Å². The molecule has 1 heterocycles. The summed E-state index contributed by atoms with van der Waals surface area (Å²) in [6, 6.07) is -2.68. The molecule has 1 aliphatic heterocycles. The first kappa shape index (κ1) is 35.8. The number of esters is 3. The third kappa shape index (κ3) is 11.7. The Bertz CT molecular complexity index is 1020. The number of rotatable bonds is 18. The molecule has 1 amide bonds. The van der Waals surface area contributed by atoms with E-state index in [1.807, 2.05) is 0 Å². The number of hydrogen-bond acceptors (Lipinski definition) is 11. The van der Waals surface area contributed by atoms with Crippen molar-refractivity contribution in [2.75, 3.05) is 13.7 Å². The first-order valence-electron chi connectivity index (χ1n) is 15.0. The van der Waals surface area contributed by atoms with Crippen LogP contribution in [0.5, 0.6) is 0 Å². The number of nitrogens with zero attached hydrogens (tertiary/aromatic N) is 1. The van der Waals surface area contributed by atoms with Crippen molar-refractivity contribution in [3.05, 3.63) is 11.8 Å². The van der Waals surface area contributed by atoms with Gasteiger partial charge < -0.3 is 46.2 Å². The zero-order valence-corrected chi connectivity index (χ0v) is 26.0. The quantitative estimate of drug-likeness (QED) is 0.0567. The lowest BCUT2D eigenvalue weighted by molar-refractivity contribution is -0.199. The van der Waals surface area contributed by atoms with E-state index in [2.05, 4.69) is 17.2 Å². The molecule has 0 radical (unpaired) electrons. The topological polar surface area (TPSA) is 217 Å². The van der Waals surface area contributed by atoms with Crippen LogP contribution in [0.15, 0.2) is 16.8 Å². The van der Waals surface area contributed by atoms with Crippen LogP contribution >= 0.6 is 0 Å². The van der Waals surface area contributed by atoms with Gasteiger partial charge in [-0.2, -0.15) is 0 Å². The van der Waals surface area contributed by atoms with Crippen LogP contribution in [-0.2, 0) is 42.9 Å². The molecule has 2 rings (SSSR count). The normalized spacial score (nSPS) is 21.8. The highest BCUT2D eigenvalue weighted by Crippen LogP contribution is 2.42. The van der Waals surface area contributed by atoms with Crippen LogP contribution in [0.1, 0.15) is 85.5 Å². The Kier molecular flexibility index (Phi) is 14.2. The van der Waals surface area contributed by atoms with Crippen molar-refractivity contribution in [2.24, 2.45) is 28.1 Å². The first-order chi connectivity index (χ1) is 20.3. The van der Waals surface area contributed by atoms with Gasteiger partial charge in [-0.05, 0) is 18.4 Å². The van der Waals surface area contributed by atoms with Gasteiger partial charge in [-0.15, -0.1) is 0 Å². The SMILES string of the molecule is CCCCCCCC(=O)OCC[C@H](OC)[C@@H]1OC(C(=O)OC2(OC(=O)[C@@H](N)C(C)C)CC2)=C[C@H](N=C(N)N)[C@H]1NC(C)=O. The van der Waals surface area contributed by atoms with Crippen LogP contribution in [0.25, 0.3) is 0 Å². The van der Waals surface area contributed by atoms with Crippen molar-refractivity contribution < 1.29 is 42.9 Å². The molecule has 0 unspecified atom stereocenters. The number of carbonyl (C=O) groups is 4. The zero-order valence-electron chi connectivity index (χ0n) is 26.0. The van der Waals surface area contributed by atoms with Crippen molar-refractivity contribution in [1.82, 2.24) is 5.32 Å². The molecular weight excluding hydrogens is 562 g/mol.